The second-order valence-corrected chi connectivity index (χ2v) is 3.79. The Morgan fingerprint density at radius 2 is 2.29 bits per heavy atom. The van der Waals surface area contributed by atoms with Crippen molar-refractivity contribution in [1.29, 1.82) is 0 Å². The largest absolute Gasteiger partial charge is 0.374 e. The lowest BCUT2D eigenvalue weighted by atomic mass is 10.2. The Morgan fingerprint density at radius 3 is 2.86 bits per heavy atom. The lowest BCUT2D eigenvalue weighted by molar-refractivity contribution is -0.0221. The van der Waals surface area contributed by atoms with E-state index in [1.807, 2.05) is 7.05 Å². The molecule has 0 amide bonds. The van der Waals surface area contributed by atoms with Crippen LogP contribution in [0.3, 0.4) is 0 Å². The van der Waals surface area contributed by atoms with Crippen LogP contribution in [-0.4, -0.2) is 56.8 Å². The molecule has 0 aromatic heterocycles. The summed E-state index contributed by atoms with van der Waals surface area (Å²) in [6, 6.07) is -0.758. The van der Waals surface area contributed by atoms with Crippen molar-refractivity contribution in [3.05, 3.63) is 0 Å². The first-order chi connectivity index (χ1) is 6.59. The zero-order chi connectivity index (χ0) is 10.6. The van der Waals surface area contributed by atoms with Crippen LogP contribution in [0.2, 0.25) is 0 Å². The number of nitrogens with one attached hydrogen (secondary N) is 1. The van der Waals surface area contributed by atoms with E-state index in [1.165, 1.54) is 6.92 Å². The quantitative estimate of drug-likeness (QED) is 0.730. The van der Waals surface area contributed by atoms with Gasteiger partial charge in [0.15, 0.2) is 0 Å². The molecule has 14 heavy (non-hydrogen) atoms. The van der Waals surface area contributed by atoms with E-state index in [0.717, 1.165) is 13.1 Å². The van der Waals surface area contributed by atoms with Crippen molar-refractivity contribution in [2.24, 2.45) is 0 Å². The maximum absolute atomic E-state index is 12.1. The number of morpholine rings is 1. The first-order valence-corrected chi connectivity index (χ1v) is 4.91. The Hall–Kier alpha value is -0.260. The summed E-state index contributed by atoms with van der Waals surface area (Å²) >= 11 is 0. The van der Waals surface area contributed by atoms with Gasteiger partial charge in [0.2, 0.25) is 0 Å². The Labute approximate surface area is 83.4 Å². The third-order valence-electron chi connectivity index (χ3n) is 2.39. The standard InChI is InChI=1S/C9H18F2N2O/c1-7(9(10)11)12-5-8-6-13(2)3-4-14-8/h7-9,12H,3-6H2,1-2H3. The molecule has 1 N–H and O–H groups in total. The second-order valence-electron chi connectivity index (χ2n) is 3.79. The molecule has 0 bridgehead atoms. The molecule has 0 spiro atoms. The molecule has 2 unspecified atom stereocenters. The molecule has 0 aromatic rings. The molecule has 0 aromatic carbocycles. The van der Waals surface area contributed by atoms with Crippen LogP contribution >= 0.6 is 0 Å². The molecular weight excluding hydrogens is 190 g/mol. The molecule has 1 aliphatic heterocycles. The first kappa shape index (κ1) is 11.8. The molecule has 1 saturated heterocycles. The Kier molecular flexibility index (Phi) is 4.71. The molecule has 1 fully saturated rings. The molecular formula is C9H18F2N2O. The highest BCUT2D eigenvalue weighted by Gasteiger charge is 2.20. The van der Waals surface area contributed by atoms with Gasteiger partial charge in [0.05, 0.1) is 18.8 Å². The molecule has 0 radical (unpaired) electrons. The molecule has 3 nitrogen and oxygen atoms in total. The summed E-state index contributed by atoms with van der Waals surface area (Å²) in [5.41, 5.74) is 0. The molecule has 84 valence electrons. The molecule has 5 heteroatoms. The number of alkyl halides is 2. The minimum Gasteiger partial charge on any atom is -0.374 e. The van der Waals surface area contributed by atoms with Crippen molar-refractivity contribution >= 4 is 0 Å². The van der Waals surface area contributed by atoms with Gasteiger partial charge in [-0.3, -0.25) is 0 Å². The maximum Gasteiger partial charge on any atom is 0.253 e. The van der Waals surface area contributed by atoms with E-state index < -0.39 is 12.5 Å². The zero-order valence-corrected chi connectivity index (χ0v) is 8.67. The Balaban J connectivity index is 2.17. The molecule has 1 heterocycles. The summed E-state index contributed by atoms with van der Waals surface area (Å²) in [6.07, 6.45) is -2.27. The number of hydrogen-bond acceptors (Lipinski definition) is 3. The molecule has 0 aliphatic carbocycles. The maximum atomic E-state index is 12.1. The van der Waals surface area contributed by atoms with Gasteiger partial charge >= 0.3 is 0 Å². The van der Waals surface area contributed by atoms with Crippen LogP contribution in [-0.2, 0) is 4.74 Å². The fourth-order valence-electron chi connectivity index (χ4n) is 1.40. The Bertz CT molecular complexity index is 169. The second kappa shape index (κ2) is 5.58. The smallest absolute Gasteiger partial charge is 0.253 e. The van der Waals surface area contributed by atoms with Gasteiger partial charge < -0.3 is 15.0 Å². The van der Waals surface area contributed by atoms with Crippen LogP contribution in [0.25, 0.3) is 0 Å². The topological polar surface area (TPSA) is 24.5 Å². The van der Waals surface area contributed by atoms with Crippen molar-refractivity contribution in [2.75, 3.05) is 33.3 Å². The summed E-state index contributed by atoms with van der Waals surface area (Å²) in [4.78, 5) is 2.14. The summed E-state index contributed by atoms with van der Waals surface area (Å²) in [5, 5.41) is 2.77. The van der Waals surface area contributed by atoms with E-state index in [4.69, 9.17) is 4.74 Å². The first-order valence-electron chi connectivity index (χ1n) is 4.91. The molecule has 2 atom stereocenters. The van der Waals surface area contributed by atoms with Gasteiger partial charge in [0, 0.05) is 19.6 Å². The zero-order valence-electron chi connectivity index (χ0n) is 8.67. The number of rotatable bonds is 4. The number of likely N-dealkylation sites (N-methyl/N-ethyl adjacent to an activating group) is 1. The van der Waals surface area contributed by atoms with E-state index >= 15 is 0 Å². The number of nitrogens with zero attached hydrogens (tertiary/aromatic N) is 1. The van der Waals surface area contributed by atoms with Crippen LogP contribution in [0, 0.1) is 0 Å². The van der Waals surface area contributed by atoms with Crippen LogP contribution in [0.4, 0.5) is 8.78 Å². The predicted octanol–water partition coefficient (Wildman–Crippen LogP) is 0.560. The van der Waals surface area contributed by atoms with Crippen LogP contribution < -0.4 is 5.32 Å². The van der Waals surface area contributed by atoms with Crippen molar-refractivity contribution < 1.29 is 13.5 Å². The van der Waals surface area contributed by atoms with Crippen LogP contribution in [0.15, 0.2) is 0 Å². The normalized spacial score (nSPS) is 26.8. The van der Waals surface area contributed by atoms with Gasteiger partial charge in [-0.05, 0) is 14.0 Å². The monoisotopic (exact) mass is 208 g/mol. The van der Waals surface area contributed by atoms with Gasteiger partial charge in [0.25, 0.3) is 6.43 Å². The minimum atomic E-state index is -2.31. The average molecular weight is 208 g/mol. The summed E-state index contributed by atoms with van der Waals surface area (Å²) in [6.45, 7) is 4.39. The van der Waals surface area contributed by atoms with Crippen LogP contribution in [0.1, 0.15) is 6.92 Å². The van der Waals surface area contributed by atoms with E-state index in [2.05, 4.69) is 10.2 Å². The van der Waals surface area contributed by atoms with Gasteiger partial charge in [-0.25, -0.2) is 8.78 Å². The van der Waals surface area contributed by atoms with Crippen molar-refractivity contribution in [3.8, 4) is 0 Å². The van der Waals surface area contributed by atoms with E-state index in [9.17, 15) is 8.78 Å². The van der Waals surface area contributed by atoms with E-state index in [1.54, 1.807) is 0 Å². The number of ether oxygens (including phenoxy) is 1. The highest BCUT2D eigenvalue weighted by atomic mass is 19.3. The molecule has 0 saturated carbocycles. The third kappa shape index (κ3) is 3.86. The minimum absolute atomic E-state index is 0.0370. The SMILES string of the molecule is CC(NCC1CN(C)CCO1)C(F)F. The molecule has 1 aliphatic rings. The highest BCUT2D eigenvalue weighted by Crippen LogP contribution is 2.04. The predicted molar refractivity (Wildman–Crippen MR) is 50.7 cm³/mol. The lowest BCUT2D eigenvalue weighted by Crippen LogP contribution is -2.47. The fraction of sp³-hybridized carbons (Fsp3) is 1.00. The summed E-state index contributed by atoms with van der Waals surface area (Å²) < 4.78 is 29.7. The lowest BCUT2D eigenvalue weighted by Gasteiger charge is -2.30. The number of hydrogen-bond donors (Lipinski definition) is 1. The average Bonchev–Trinajstić information content (AvgIpc) is 2.14. The summed E-state index contributed by atoms with van der Waals surface area (Å²) in [5.74, 6) is 0. The van der Waals surface area contributed by atoms with E-state index in [-0.39, 0.29) is 6.10 Å². The summed E-state index contributed by atoms with van der Waals surface area (Å²) in [7, 11) is 2.01. The van der Waals surface area contributed by atoms with Crippen LogP contribution in [0.5, 0.6) is 0 Å². The van der Waals surface area contributed by atoms with E-state index in [0.29, 0.717) is 13.2 Å². The van der Waals surface area contributed by atoms with Crippen molar-refractivity contribution in [3.63, 3.8) is 0 Å². The van der Waals surface area contributed by atoms with Crippen molar-refractivity contribution in [2.45, 2.75) is 25.5 Å². The van der Waals surface area contributed by atoms with Gasteiger partial charge in [0.1, 0.15) is 0 Å². The molecule has 1 rings (SSSR count). The third-order valence-corrected chi connectivity index (χ3v) is 2.39. The highest BCUT2D eigenvalue weighted by molar-refractivity contribution is 4.73. The van der Waals surface area contributed by atoms with Gasteiger partial charge in [-0.15, -0.1) is 0 Å². The Morgan fingerprint density at radius 1 is 1.57 bits per heavy atom. The van der Waals surface area contributed by atoms with Crippen molar-refractivity contribution in [1.82, 2.24) is 10.2 Å². The number of halogens is 2. The van der Waals surface area contributed by atoms with Gasteiger partial charge in [-0.1, -0.05) is 0 Å². The fourth-order valence-corrected chi connectivity index (χ4v) is 1.40. The van der Waals surface area contributed by atoms with Gasteiger partial charge in [-0.2, -0.15) is 0 Å².